The quantitative estimate of drug-likeness (QED) is 0.490. The minimum Gasteiger partial charge on any atom is -0.396 e. The summed E-state index contributed by atoms with van der Waals surface area (Å²) < 4.78 is 0. The molecule has 2 heteroatoms. The first-order valence-corrected chi connectivity index (χ1v) is 1.52. The molecule has 0 amide bonds. The number of rotatable bonds is 1. The van der Waals surface area contributed by atoms with Crippen LogP contribution >= 0.6 is 0 Å². The van der Waals surface area contributed by atoms with Crippen molar-refractivity contribution in [3.63, 3.8) is 0 Å². The normalized spacial score (nSPS) is 6.00. The van der Waals surface area contributed by atoms with Gasteiger partial charge in [-0.2, -0.15) is 0 Å². The van der Waals surface area contributed by atoms with Crippen molar-refractivity contribution >= 4 is 0 Å². The zero-order valence-corrected chi connectivity index (χ0v) is 4.42. The molecule has 33 valence electrons. The molecule has 5 heavy (non-hydrogen) atoms. The maximum atomic E-state index is 7.88. The van der Waals surface area contributed by atoms with Crippen molar-refractivity contribution in [1.29, 1.82) is 0 Å². The van der Waals surface area contributed by atoms with Gasteiger partial charge in [0.15, 0.2) is 0 Å². The van der Waals surface area contributed by atoms with Crippen molar-refractivity contribution in [3.05, 3.63) is 0 Å². The summed E-state index contributed by atoms with van der Waals surface area (Å²) >= 11 is 0. The predicted molar refractivity (Wildman–Crippen MR) is 17.4 cm³/mol. The van der Waals surface area contributed by atoms with Gasteiger partial charge in [-0.25, -0.2) is 0 Å². The van der Waals surface area contributed by atoms with Gasteiger partial charge in [-0.05, 0) is 6.42 Å². The van der Waals surface area contributed by atoms with Gasteiger partial charge in [-0.1, -0.05) is 6.92 Å². The fraction of sp³-hybridized carbons (Fsp3) is 1.00. The van der Waals surface area contributed by atoms with E-state index in [0.29, 0.717) is 6.61 Å². The van der Waals surface area contributed by atoms with E-state index >= 15 is 0 Å². The Balaban J connectivity index is 0. The molecule has 1 radical (unpaired) electrons. The molecule has 0 unspecified atom stereocenters. The summed E-state index contributed by atoms with van der Waals surface area (Å²) in [5.74, 6) is 0. The Bertz CT molecular complexity index is 8.85. The SMILES string of the molecule is CCCO.[Mn]. The maximum absolute atomic E-state index is 7.88. The third-order valence-corrected chi connectivity index (χ3v) is 0.224. The van der Waals surface area contributed by atoms with Crippen LogP contribution < -0.4 is 0 Å². The van der Waals surface area contributed by atoms with E-state index in [9.17, 15) is 0 Å². The van der Waals surface area contributed by atoms with Crippen LogP contribution in [-0.4, -0.2) is 11.7 Å². The van der Waals surface area contributed by atoms with E-state index in [2.05, 4.69) is 0 Å². The number of hydrogen-bond acceptors (Lipinski definition) is 1. The molecule has 1 nitrogen and oxygen atoms in total. The molecule has 0 fully saturated rings. The van der Waals surface area contributed by atoms with Gasteiger partial charge in [0.05, 0.1) is 0 Å². The Hall–Kier alpha value is 0.479. The minimum absolute atomic E-state index is 0. The summed E-state index contributed by atoms with van der Waals surface area (Å²) in [7, 11) is 0. The van der Waals surface area contributed by atoms with Crippen LogP contribution in [0.15, 0.2) is 0 Å². The molecule has 0 aliphatic heterocycles. The molecular weight excluding hydrogens is 107 g/mol. The molecule has 0 aliphatic carbocycles. The first-order valence-electron chi connectivity index (χ1n) is 1.52. The van der Waals surface area contributed by atoms with E-state index < -0.39 is 0 Å². The third-order valence-electron chi connectivity index (χ3n) is 0.224. The first-order chi connectivity index (χ1) is 1.91. The Morgan fingerprint density at radius 1 is 1.60 bits per heavy atom. The van der Waals surface area contributed by atoms with Gasteiger partial charge in [0.2, 0.25) is 0 Å². The zero-order chi connectivity index (χ0) is 3.41. The smallest absolute Gasteiger partial charge is 0.0428 e. The maximum Gasteiger partial charge on any atom is 0.0428 e. The molecule has 0 saturated carbocycles. The van der Waals surface area contributed by atoms with Crippen molar-refractivity contribution in [3.8, 4) is 0 Å². The summed E-state index contributed by atoms with van der Waals surface area (Å²) in [6.07, 6.45) is 0.875. The van der Waals surface area contributed by atoms with Gasteiger partial charge in [0.1, 0.15) is 0 Å². The monoisotopic (exact) mass is 115 g/mol. The van der Waals surface area contributed by atoms with Gasteiger partial charge in [-0.3, -0.25) is 0 Å². The average molecular weight is 115 g/mol. The Kier molecular flexibility index (Phi) is 16.0. The second-order valence-electron chi connectivity index (χ2n) is 0.724. The van der Waals surface area contributed by atoms with Gasteiger partial charge >= 0.3 is 0 Å². The zero-order valence-electron chi connectivity index (χ0n) is 3.24. The second kappa shape index (κ2) is 8.82. The predicted octanol–water partition coefficient (Wildman–Crippen LogP) is 0.386. The summed E-state index contributed by atoms with van der Waals surface area (Å²) in [5, 5.41) is 7.88. The largest absolute Gasteiger partial charge is 0.396 e. The molecule has 0 aromatic carbocycles. The Labute approximate surface area is 42.9 Å². The fourth-order valence-electron chi connectivity index (χ4n) is 0. The van der Waals surface area contributed by atoms with Gasteiger partial charge in [0, 0.05) is 23.7 Å². The third kappa shape index (κ3) is 12.6. The summed E-state index contributed by atoms with van der Waals surface area (Å²) in [4.78, 5) is 0. The van der Waals surface area contributed by atoms with Crippen LogP contribution in [0.5, 0.6) is 0 Å². The van der Waals surface area contributed by atoms with Crippen molar-refractivity contribution in [2.24, 2.45) is 0 Å². The topological polar surface area (TPSA) is 20.2 Å². The molecule has 0 bridgehead atoms. The van der Waals surface area contributed by atoms with Crippen LogP contribution in [0.25, 0.3) is 0 Å². The Morgan fingerprint density at radius 2 is 1.80 bits per heavy atom. The van der Waals surface area contributed by atoms with E-state index in [4.69, 9.17) is 5.11 Å². The first kappa shape index (κ1) is 9.08. The fourth-order valence-corrected chi connectivity index (χ4v) is 0. The summed E-state index contributed by atoms with van der Waals surface area (Å²) in [6.45, 7) is 2.25. The van der Waals surface area contributed by atoms with Crippen molar-refractivity contribution in [1.82, 2.24) is 0 Å². The molecule has 0 aliphatic rings. The van der Waals surface area contributed by atoms with E-state index in [0.717, 1.165) is 6.42 Å². The van der Waals surface area contributed by atoms with Crippen LogP contribution in [0, 0.1) is 0 Å². The molecule has 0 saturated heterocycles. The van der Waals surface area contributed by atoms with Crippen molar-refractivity contribution in [2.75, 3.05) is 6.61 Å². The van der Waals surface area contributed by atoms with Crippen LogP contribution in [-0.2, 0) is 17.1 Å². The number of hydrogen-bond donors (Lipinski definition) is 1. The van der Waals surface area contributed by atoms with Crippen molar-refractivity contribution in [2.45, 2.75) is 13.3 Å². The summed E-state index contributed by atoms with van der Waals surface area (Å²) in [5.41, 5.74) is 0. The molecular formula is C3H8MnO. The van der Waals surface area contributed by atoms with Gasteiger partial charge < -0.3 is 5.11 Å². The minimum atomic E-state index is 0. The average Bonchev–Trinajstić information content (AvgIpc) is 1.37. The van der Waals surface area contributed by atoms with Crippen LogP contribution in [0.1, 0.15) is 13.3 Å². The molecule has 0 spiro atoms. The number of aliphatic hydroxyl groups is 1. The molecule has 0 aromatic heterocycles. The number of aliphatic hydroxyl groups excluding tert-OH is 1. The standard InChI is InChI=1S/C3H8O.Mn/c1-2-3-4;/h4H,2-3H2,1H3;. The second-order valence-corrected chi connectivity index (χ2v) is 0.724. The van der Waals surface area contributed by atoms with Crippen molar-refractivity contribution < 1.29 is 22.2 Å². The van der Waals surface area contributed by atoms with E-state index in [1.807, 2.05) is 6.92 Å². The molecule has 0 rings (SSSR count). The van der Waals surface area contributed by atoms with Crippen LogP contribution in [0.4, 0.5) is 0 Å². The molecule has 1 N–H and O–H groups in total. The van der Waals surface area contributed by atoms with E-state index in [1.54, 1.807) is 0 Å². The van der Waals surface area contributed by atoms with Crippen LogP contribution in [0.3, 0.4) is 0 Å². The molecule has 0 aromatic rings. The van der Waals surface area contributed by atoms with Gasteiger partial charge in [0.25, 0.3) is 0 Å². The molecule has 0 atom stereocenters. The van der Waals surface area contributed by atoms with Crippen LogP contribution in [0.2, 0.25) is 0 Å². The van der Waals surface area contributed by atoms with Gasteiger partial charge in [-0.15, -0.1) is 0 Å². The summed E-state index contributed by atoms with van der Waals surface area (Å²) in [6, 6.07) is 0. The van der Waals surface area contributed by atoms with E-state index in [-0.39, 0.29) is 17.1 Å². The van der Waals surface area contributed by atoms with E-state index in [1.165, 1.54) is 0 Å². The Morgan fingerprint density at radius 3 is 1.80 bits per heavy atom. The molecule has 0 heterocycles.